The van der Waals surface area contributed by atoms with Crippen molar-refractivity contribution in [3.63, 3.8) is 0 Å². The van der Waals surface area contributed by atoms with Gasteiger partial charge in [-0.1, -0.05) is 12.1 Å². The highest BCUT2D eigenvalue weighted by Gasteiger charge is 2.51. The lowest BCUT2D eigenvalue weighted by Gasteiger charge is -2.57. The third-order valence-corrected chi connectivity index (χ3v) is 8.01. The van der Waals surface area contributed by atoms with Crippen LogP contribution >= 0.6 is 0 Å². The summed E-state index contributed by atoms with van der Waals surface area (Å²) in [5, 5.41) is 2.67. The molecule has 0 spiro atoms. The van der Waals surface area contributed by atoms with Gasteiger partial charge < -0.3 is 5.32 Å². The van der Waals surface area contributed by atoms with Crippen LogP contribution in [0.3, 0.4) is 0 Å². The lowest BCUT2D eigenvalue weighted by molar-refractivity contribution is -0.119. The van der Waals surface area contributed by atoms with E-state index in [1.165, 1.54) is 48.4 Å². The van der Waals surface area contributed by atoms with Gasteiger partial charge in [0.2, 0.25) is 15.9 Å². The van der Waals surface area contributed by atoms with Crippen LogP contribution in [0, 0.1) is 17.8 Å². The van der Waals surface area contributed by atoms with Crippen LogP contribution in [0.1, 0.15) is 51.0 Å². The minimum atomic E-state index is -3.52. The molecule has 4 aliphatic carbocycles. The molecule has 1 amide bonds. The van der Waals surface area contributed by atoms with E-state index in [1.54, 1.807) is 0 Å². The molecule has 0 radical (unpaired) electrons. The average Bonchev–Trinajstić information content (AvgIpc) is 2.58. The van der Waals surface area contributed by atoms with Crippen LogP contribution in [-0.2, 0) is 20.2 Å². The summed E-state index contributed by atoms with van der Waals surface area (Å²) in [7, 11) is -3.52. The van der Waals surface area contributed by atoms with Crippen LogP contribution in [-0.4, -0.2) is 33.7 Å². The Kier molecular flexibility index (Phi) is 4.73. The number of hydrogen-bond acceptors (Lipinski definition) is 3. The quantitative estimate of drug-likeness (QED) is 0.812. The van der Waals surface area contributed by atoms with Crippen LogP contribution in [0.5, 0.6) is 0 Å². The predicted octanol–water partition coefficient (Wildman–Crippen LogP) is 3.06. The van der Waals surface area contributed by atoms with Gasteiger partial charge in [-0.05, 0) is 86.3 Å². The first-order valence-corrected chi connectivity index (χ1v) is 12.0. The third-order valence-electron chi connectivity index (χ3n) is 6.87. The van der Waals surface area contributed by atoms with Gasteiger partial charge in [-0.25, -0.2) is 8.42 Å². The van der Waals surface area contributed by atoms with Gasteiger partial charge in [-0.2, -0.15) is 0 Å². The van der Waals surface area contributed by atoms with Crippen LogP contribution in [0.4, 0.5) is 5.69 Å². The van der Waals surface area contributed by atoms with Crippen LogP contribution in [0.2, 0.25) is 0 Å². The van der Waals surface area contributed by atoms with Crippen molar-refractivity contribution in [2.75, 3.05) is 23.7 Å². The number of rotatable bonds is 6. The normalized spacial score (nSPS) is 31.7. The number of nitrogens with one attached hydrogen (secondary N) is 1. The van der Waals surface area contributed by atoms with Crippen molar-refractivity contribution in [2.24, 2.45) is 17.8 Å². The summed E-state index contributed by atoms with van der Waals surface area (Å²) in [6.07, 6.45) is 9.23. The molecule has 0 atom stereocenters. The number of sulfonamides is 1. The summed E-state index contributed by atoms with van der Waals surface area (Å²) in [4.78, 5) is 12.0. The number of carbonyl (C=O) groups excluding carboxylic acids is 1. The fraction of sp³-hybridized carbons (Fsp3) is 0.667. The van der Waals surface area contributed by atoms with E-state index in [0.29, 0.717) is 17.6 Å². The first-order chi connectivity index (χ1) is 12.8. The Morgan fingerprint density at radius 2 is 1.59 bits per heavy atom. The average molecular weight is 391 g/mol. The molecule has 5 nitrogen and oxygen atoms in total. The van der Waals surface area contributed by atoms with Crippen molar-refractivity contribution in [3.05, 3.63) is 29.8 Å². The topological polar surface area (TPSA) is 66.5 Å². The van der Waals surface area contributed by atoms with Gasteiger partial charge >= 0.3 is 0 Å². The molecule has 1 aromatic rings. The maximum Gasteiger partial charge on any atom is 0.240 e. The lowest BCUT2D eigenvalue weighted by Crippen LogP contribution is -2.48. The molecule has 27 heavy (non-hydrogen) atoms. The summed E-state index contributed by atoms with van der Waals surface area (Å²) in [6.45, 7) is 2.13. The van der Waals surface area contributed by atoms with Gasteiger partial charge in [-0.15, -0.1) is 0 Å². The van der Waals surface area contributed by atoms with Crippen molar-refractivity contribution in [1.82, 2.24) is 5.32 Å². The van der Waals surface area contributed by atoms with Crippen molar-refractivity contribution < 1.29 is 13.2 Å². The fourth-order valence-corrected chi connectivity index (χ4v) is 7.09. The Bertz CT molecular complexity index is 781. The minimum Gasteiger partial charge on any atom is -0.355 e. The van der Waals surface area contributed by atoms with E-state index < -0.39 is 10.0 Å². The van der Waals surface area contributed by atoms with E-state index in [2.05, 4.69) is 17.4 Å². The van der Waals surface area contributed by atoms with Gasteiger partial charge in [0.15, 0.2) is 0 Å². The van der Waals surface area contributed by atoms with Gasteiger partial charge in [0.05, 0.1) is 11.9 Å². The Hall–Kier alpha value is -1.56. The standard InChI is InChI=1S/C21H30N2O3S/c1-3-22-20(24)14-23(27(2,25)26)19-6-4-18(5-7-19)21-11-15-8-16(12-21)10-17(9-15)13-21/h4-7,15-17H,3,8-14H2,1-2H3,(H,22,24). The molecule has 1 aromatic carbocycles. The number of carbonyl (C=O) groups is 1. The monoisotopic (exact) mass is 390 g/mol. The second-order valence-corrected chi connectivity index (χ2v) is 10.9. The van der Waals surface area contributed by atoms with Crippen molar-refractivity contribution in [1.29, 1.82) is 0 Å². The SMILES string of the molecule is CCNC(=O)CN(c1ccc(C23CC4CC(CC(C4)C2)C3)cc1)S(C)(=O)=O. The summed E-state index contributed by atoms with van der Waals surface area (Å²) in [5.41, 5.74) is 2.22. The zero-order chi connectivity index (χ0) is 19.2. The smallest absolute Gasteiger partial charge is 0.240 e. The Morgan fingerprint density at radius 1 is 1.07 bits per heavy atom. The number of likely N-dealkylation sites (N-methyl/N-ethyl adjacent to an activating group) is 1. The summed E-state index contributed by atoms with van der Waals surface area (Å²) in [5.74, 6) is 2.34. The Morgan fingerprint density at radius 3 is 2.04 bits per heavy atom. The number of hydrogen-bond donors (Lipinski definition) is 1. The molecule has 6 heteroatoms. The molecule has 4 saturated carbocycles. The molecular weight excluding hydrogens is 360 g/mol. The molecule has 0 aromatic heterocycles. The Balaban J connectivity index is 1.58. The molecule has 0 unspecified atom stereocenters. The molecule has 1 N–H and O–H groups in total. The van der Waals surface area contributed by atoms with Crippen LogP contribution < -0.4 is 9.62 Å². The third kappa shape index (κ3) is 3.60. The molecule has 0 aliphatic heterocycles. The minimum absolute atomic E-state index is 0.177. The van der Waals surface area contributed by atoms with Gasteiger partial charge in [-0.3, -0.25) is 9.10 Å². The highest BCUT2D eigenvalue weighted by molar-refractivity contribution is 7.92. The van der Waals surface area contributed by atoms with Crippen LogP contribution in [0.25, 0.3) is 0 Å². The van der Waals surface area contributed by atoms with Crippen molar-refractivity contribution in [3.8, 4) is 0 Å². The van der Waals surface area contributed by atoms with E-state index in [-0.39, 0.29) is 12.5 Å². The van der Waals surface area contributed by atoms with Crippen molar-refractivity contribution in [2.45, 2.75) is 50.9 Å². The maximum absolute atomic E-state index is 12.2. The zero-order valence-corrected chi connectivity index (χ0v) is 17.1. The van der Waals surface area contributed by atoms with E-state index in [1.807, 2.05) is 19.1 Å². The highest BCUT2D eigenvalue weighted by Crippen LogP contribution is 2.60. The fourth-order valence-electron chi connectivity index (χ4n) is 6.23. The predicted molar refractivity (Wildman–Crippen MR) is 107 cm³/mol. The van der Waals surface area contributed by atoms with Crippen LogP contribution in [0.15, 0.2) is 24.3 Å². The molecule has 4 bridgehead atoms. The lowest BCUT2D eigenvalue weighted by atomic mass is 9.48. The number of nitrogens with zero attached hydrogens (tertiary/aromatic N) is 1. The van der Waals surface area contributed by atoms with Gasteiger partial charge in [0.1, 0.15) is 6.54 Å². The van der Waals surface area contributed by atoms with Gasteiger partial charge in [0, 0.05) is 6.54 Å². The Labute approximate surface area is 162 Å². The summed E-state index contributed by atoms with van der Waals surface area (Å²) < 4.78 is 25.6. The molecule has 0 saturated heterocycles. The van der Waals surface area contributed by atoms with E-state index in [4.69, 9.17) is 0 Å². The second kappa shape index (κ2) is 6.80. The molecule has 5 rings (SSSR count). The van der Waals surface area contributed by atoms with E-state index >= 15 is 0 Å². The number of amides is 1. The van der Waals surface area contributed by atoms with Crippen molar-refractivity contribution >= 4 is 21.6 Å². The van der Waals surface area contributed by atoms with E-state index in [0.717, 1.165) is 24.0 Å². The zero-order valence-electron chi connectivity index (χ0n) is 16.3. The molecular formula is C21H30N2O3S. The second-order valence-electron chi connectivity index (χ2n) is 8.97. The first-order valence-electron chi connectivity index (χ1n) is 10.1. The summed E-state index contributed by atoms with van der Waals surface area (Å²) >= 11 is 0. The summed E-state index contributed by atoms with van der Waals surface area (Å²) in [6, 6.07) is 7.99. The molecule has 4 fully saturated rings. The number of anilines is 1. The van der Waals surface area contributed by atoms with Gasteiger partial charge in [0.25, 0.3) is 0 Å². The largest absolute Gasteiger partial charge is 0.355 e. The van der Waals surface area contributed by atoms with E-state index in [9.17, 15) is 13.2 Å². The molecule has 0 heterocycles. The molecule has 4 aliphatic rings. The number of benzene rings is 1. The highest BCUT2D eigenvalue weighted by atomic mass is 32.2. The first kappa shape index (κ1) is 18.8. The molecule has 148 valence electrons. The maximum atomic E-state index is 12.2.